The molecule has 0 amide bonds. The van der Waals surface area contributed by atoms with Gasteiger partial charge in [0, 0.05) is 6.04 Å². The number of hydrogen-bond donors (Lipinski definition) is 2. The van der Waals surface area contributed by atoms with Crippen molar-refractivity contribution in [1.82, 2.24) is 20.2 Å². The van der Waals surface area contributed by atoms with Gasteiger partial charge in [0.2, 0.25) is 0 Å². The average molecular weight is 319 g/mol. The smallest absolute Gasteiger partial charge is 0.277 e. The molecule has 1 aromatic heterocycles. The Morgan fingerprint density at radius 3 is 2.35 bits per heavy atom. The van der Waals surface area contributed by atoms with Gasteiger partial charge in [0.25, 0.3) is 16.0 Å². The zero-order chi connectivity index (χ0) is 14.0. The Balaban J connectivity index is 0.00000200. The first-order chi connectivity index (χ1) is 8.88. The topological polar surface area (TPSA) is 116 Å². The van der Waals surface area contributed by atoms with Crippen molar-refractivity contribution in [3.8, 4) is 0 Å². The van der Waals surface area contributed by atoms with Crippen molar-refractivity contribution < 1.29 is 8.42 Å². The summed E-state index contributed by atoms with van der Waals surface area (Å²) in [5.41, 5.74) is 6.56. The van der Waals surface area contributed by atoms with Crippen LogP contribution >= 0.6 is 12.4 Å². The third-order valence-corrected chi connectivity index (χ3v) is 3.79. The number of aryl methyl sites for hydroxylation is 1. The molecule has 2 aromatic rings. The maximum Gasteiger partial charge on any atom is 0.277 e. The van der Waals surface area contributed by atoms with Crippen LogP contribution in [0.15, 0.2) is 29.2 Å². The number of sulfonamides is 1. The summed E-state index contributed by atoms with van der Waals surface area (Å²) in [6.07, 6.45) is 0. The van der Waals surface area contributed by atoms with Gasteiger partial charge in [-0.25, -0.2) is 13.1 Å². The third kappa shape index (κ3) is 3.65. The number of halogens is 1. The van der Waals surface area contributed by atoms with Crippen LogP contribution in [0, 0.1) is 0 Å². The van der Waals surface area contributed by atoms with Crippen LogP contribution in [0.1, 0.15) is 18.5 Å². The molecule has 0 saturated carbocycles. The van der Waals surface area contributed by atoms with E-state index in [-0.39, 0.29) is 29.3 Å². The molecule has 10 heteroatoms. The van der Waals surface area contributed by atoms with Crippen molar-refractivity contribution in [3.05, 3.63) is 29.8 Å². The number of nitrogens with zero attached hydrogens (tertiary/aromatic N) is 4. The Labute approximate surface area is 122 Å². The van der Waals surface area contributed by atoms with Crippen LogP contribution in [-0.2, 0) is 17.1 Å². The van der Waals surface area contributed by atoms with E-state index in [1.807, 2.05) is 6.92 Å². The Bertz CT molecular complexity index is 667. The van der Waals surface area contributed by atoms with Crippen LogP contribution in [0.3, 0.4) is 0 Å². The number of aromatic nitrogens is 4. The fourth-order valence-corrected chi connectivity index (χ4v) is 2.39. The number of hydrogen-bond acceptors (Lipinski definition) is 6. The standard InChI is InChI=1S/C10H14N6O2S.ClH/c1-7(11)8-3-5-9(6-4-8)19(17,18)14-10-12-15-16(2)13-10;/h3-7H,11H2,1-2H3,(H,13,14);1H. The molecular weight excluding hydrogens is 304 g/mol. The predicted molar refractivity (Wildman–Crippen MR) is 75.9 cm³/mol. The Morgan fingerprint density at radius 1 is 1.30 bits per heavy atom. The molecule has 110 valence electrons. The van der Waals surface area contributed by atoms with E-state index >= 15 is 0 Å². The maximum atomic E-state index is 12.0. The molecule has 0 aliphatic rings. The van der Waals surface area contributed by atoms with Gasteiger partial charge in [-0.15, -0.1) is 17.5 Å². The zero-order valence-electron chi connectivity index (χ0n) is 10.9. The van der Waals surface area contributed by atoms with E-state index in [1.54, 1.807) is 19.2 Å². The summed E-state index contributed by atoms with van der Waals surface area (Å²) in [5.74, 6) is -0.0706. The highest BCUT2D eigenvalue weighted by atomic mass is 35.5. The normalized spacial score (nSPS) is 12.6. The summed E-state index contributed by atoms with van der Waals surface area (Å²) in [6, 6.07) is 6.16. The van der Waals surface area contributed by atoms with Crippen molar-refractivity contribution in [3.63, 3.8) is 0 Å². The fraction of sp³-hybridized carbons (Fsp3) is 0.300. The van der Waals surface area contributed by atoms with Gasteiger partial charge in [-0.3, -0.25) is 0 Å². The molecule has 1 atom stereocenters. The minimum Gasteiger partial charge on any atom is -0.324 e. The number of nitrogens with one attached hydrogen (secondary N) is 1. The van der Waals surface area contributed by atoms with Gasteiger partial charge in [-0.1, -0.05) is 17.2 Å². The molecule has 0 spiro atoms. The molecule has 0 aliphatic heterocycles. The molecule has 0 fully saturated rings. The zero-order valence-corrected chi connectivity index (χ0v) is 12.5. The highest BCUT2D eigenvalue weighted by molar-refractivity contribution is 7.92. The van der Waals surface area contributed by atoms with Gasteiger partial charge >= 0.3 is 0 Å². The van der Waals surface area contributed by atoms with Gasteiger partial charge in [-0.2, -0.15) is 4.80 Å². The highest BCUT2D eigenvalue weighted by Crippen LogP contribution is 2.16. The van der Waals surface area contributed by atoms with Gasteiger partial charge < -0.3 is 5.73 Å². The van der Waals surface area contributed by atoms with Gasteiger partial charge in [0.15, 0.2) is 0 Å². The quantitative estimate of drug-likeness (QED) is 0.845. The van der Waals surface area contributed by atoms with Crippen molar-refractivity contribution in [2.24, 2.45) is 12.8 Å². The van der Waals surface area contributed by atoms with Crippen LogP contribution < -0.4 is 10.5 Å². The summed E-state index contributed by atoms with van der Waals surface area (Å²) >= 11 is 0. The second-order valence-electron chi connectivity index (χ2n) is 4.07. The monoisotopic (exact) mass is 318 g/mol. The predicted octanol–water partition coefficient (Wildman–Crippen LogP) is 0.452. The highest BCUT2D eigenvalue weighted by Gasteiger charge is 2.16. The molecule has 3 N–H and O–H groups in total. The van der Waals surface area contributed by atoms with Crippen molar-refractivity contribution in [2.45, 2.75) is 17.9 Å². The average Bonchev–Trinajstić information content (AvgIpc) is 2.74. The lowest BCUT2D eigenvalue weighted by Crippen LogP contribution is -2.14. The summed E-state index contributed by atoms with van der Waals surface area (Å²) in [4.78, 5) is 1.28. The second-order valence-corrected chi connectivity index (χ2v) is 5.75. The molecule has 0 bridgehead atoms. The van der Waals surface area contributed by atoms with E-state index < -0.39 is 10.0 Å². The molecule has 2 rings (SSSR count). The number of benzene rings is 1. The molecule has 8 nitrogen and oxygen atoms in total. The molecule has 1 aromatic carbocycles. The van der Waals surface area contributed by atoms with Crippen LogP contribution in [0.25, 0.3) is 0 Å². The van der Waals surface area contributed by atoms with E-state index in [0.717, 1.165) is 10.4 Å². The first-order valence-corrected chi connectivity index (χ1v) is 6.99. The summed E-state index contributed by atoms with van der Waals surface area (Å²) < 4.78 is 26.3. The molecule has 0 radical (unpaired) electrons. The minimum atomic E-state index is -3.71. The van der Waals surface area contributed by atoms with Gasteiger partial charge in [-0.05, 0) is 29.8 Å². The Kier molecular flexibility index (Phi) is 5.03. The molecule has 20 heavy (non-hydrogen) atoms. The summed E-state index contributed by atoms with van der Waals surface area (Å²) in [7, 11) is -2.17. The number of nitrogens with two attached hydrogens (primary N) is 1. The Hall–Kier alpha value is -1.71. The van der Waals surface area contributed by atoms with E-state index in [4.69, 9.17) is 5.73 Å². The van der Waals surface area contributed by atoms with E-state index in [9.17, 15) is 8.42 Å². The molecule has 0 saturated heterocycles. The van der Waals surface area contributed by atoms with Crippen LogP contribution in [0.5, 0.6) is 0 Å². The number of rotatable bonds is 4. The summed E-state index contributed by atoms with van der Waals surface area (Å²) in [5, 5.41) is 10.9. The van der Waals surface area contributed by atoms with Crippen molar-refractivity contribution in [1.29, 1.82) is 0 Å². The molecule has 1 heterocycles. The van der Waals surface area contributed by atoms with Gasteiger partial charge in [0.1, 0.15) is 0 Å². The maximum absolute atomic E-state index is 12.0. The number of anilines is 1. The lowest BCUT2D eigenvalue weighted by Gasteiger charge is -2.07. The lowest BCUT2D eigenvalue weighted by molar-refractivity contribution is 0.600. The third-order valence-electron chi connectivity index (χ3n) is 2.45. The minimum absolute atomic E-state index is 0. The van der Waals surface area contributed by atoms with E-state index in [2.05, 4.69) is 20.1 Å². The van der Waals surface area contributed by atoms with E-state index in [0.29, 0.717) is 0 Å². The molecule has 0 aliphatic carbocycles. The number of tetrazole rings is 1. The lowest BCUT2D eigenvalue weighted by atomic mass is 10.1. The van der Waals surface area contributed by atoms with Crippen LogP contribution in [0.2, 0.25) is 0 Å². The van der Waals surface area contributed by atoms with Crippen LogP contribution in [0.4, 0.5) is 5.95 Å². The van der Waals surface area contributed by atoms with E-state index in [1.165, 1.54) is 12.1 Å². The van der Waals surface area contributed by atoms with Crippen LogP contribution in [-0.4, -0.2) is 28.6 Å². The fourth-order valence-electron chi connectivity index (χ4n) is 1.45. The van der Waals surface area contributed by atoms with Gasteiger partial charge in [0.05, 0.1) is 11.9 Å². The second kappa shape index (κ2) is 6.16. The SMILES string of the molecule is CC(N)c1ccc(S(=O)(=O)Nc2nnn(C)n2)cc1.Cl. The largest absolute Gasteiger partial charge is 0.324 e. The molecular formula is C10H15ClN6O2S. The molecule has 1 unspecified atom stereocenters. The first-order valence-electron chi connectivity index (χ1n) is 5.51. The summed E-state index contributed by atoms with van der Waals surface area (Å²) in [6.45, 7) is 1.82. The van der Waals surface area contributed by atoms with Crippen molar-refractivity contribution in [2.75, 3.05) is 4.72 Å². The Morgan fingerprint density at radius 2 is 1.90 bits per heavy atom. The van der Waals surface area contributed by atoms with Crippen molar-refractivity contribution >= 4 is 28.4 Å². The first kappa shape index (κ1) is 16.3.